The lowest BCUT2D eigenvalue weighted by Gasteiger charge is -2.24. The molecule has 1 heterocycles. The highest BCUT2D eigenvalue weighted by molar-refractivity contribution is 5.58. The van der Waals surface area contributed by atoms with Crippen LogP contribution in [0.15, 0.2) is 34.9 Å². The Hall–Kier alpha value is -1.97. The van der Waals surface area contributed by atoms with Crippen LogP contribution in [0.25, 0.3) is 0 Å². The number of methoxy groups -OCH3 is 1. The van der Waals surface area contributed by atoms with Gasteiger partial charge in [-0.1, -0.05) is 0 Å². The maximum absolute atomic E-state index is 13.2. The molecule has 0 saturated carbocycles. The van der Waals surface area contributed by atoms with Crippen molar-refractivity contribution in [3.8, 4) is 5.75 Å². The topological polar surface area (TPSA) is 34.4 Å². The molecule has 1 aliphatic carbocycles. The van der Waals surface area contributed by atoms with Crippen LogP contribution in [0.3, 0.4) is 0 Å². The standard InChI is InChI=1S/C15H16FNO2/c1-18-15-9-10(16)5-6-13(15)17-12-3-2-4-14-11(12)7-8-19-14/h5-9,12,17H,2-4H2,1H3. The molecule has 1 aromatic heterocycles. The molecule has 1 aromatic carbocycles. The minimum absolute atomic E-state index is 0.196. The Morgan fingerprint density at radius 2 is 2.26 bits per heavy atom. The molecule has 0 bridgehead atoms. The molecule has 0 fully saturated rings. The highest BCUT2D eigenvalue weighted by Crippen LogP contribution is 2.35. The quantitative estimate of drug-likeness (QED) is 0.909. The van der Waals surface area contributed by atoms with Crippen LogP contribution in [0, 0.1) is 5.82 Å². The monoisotopic (exact) mass is 261 g/mol. The number of nitrogens with one attached hydrogen (secondary N) is 1. The van der Waals surface area contributed by atoms with E-state index in [-0.39, 0.29) is 11.9 Å². The number of furan rings is 1. The molecule has 0 amide bonds. The highest BCUT2D eigenvalue weighted by atomic mass is 19.1. The first kappa shape index (κ1) is 12.1. The summed E-state index contributed by atoms with van der Waals surface area (Å²) < 4.78 is 23.9. The molecule has 1 aliphatic rings. The first-order valence-corrected chi connectivity index (χ1v) is 6.44. The molecular weight excluding hydrogens is 245 g/mol. The highest BCUT2D eigenvalue weighted by Gasteiger charge is 2.23. The minimum atomic E-state index is -0.296. The average Bonchev–Trinajstić information content (AvgIpc) is 2.90. The molecule has 3 nitrogen and oxygen atoms in total. The summed E-state index contributed by atoms with van der Waals surface area (Å²) in [5.74, 6) is 1.27. The molecule has 1 N–H and O–H groups in total. The molecule has 0 spiro atoms. The molecule has 0 aliphatic heterocycles. The van der Waals surface area contributed by atoms with Gasteiger partial charge in [0, 0.05) is 18.1 Å². The number of anilines is 1. The Kier molecular flexibility index (Phi) is 3.15. The molecule has 1 unspecified atom stereocenters. The van der Waals surface area contributed by atoms with E-state index in [9.17, 15) is 4.39 Å². The van der Waals surface area contributed by atoms with Crippen LogP contribution in [0.5, 0.6) is 5.75 Å². The van der Waals surface area contributed by atoms with E-state index in [1.54, 1.807) is 19.4 Å². The van der Waals surface area contributed by atoms with Gasteiger partial charge in [0.25, 0.3) is 0 Å². The van der Waals surface area contributed by atoms with Gasteiger partial charge in [0.15, 0.2) is 0 Å². The molecule has 1 atom stereocenters. The summed E-state index contributed by atoms with van der Waals surface area (Å²) in [6, 6.07) is 6.73. The number of rotatable bonds is 3. The van der Waals surface area contributed by atoms with Gasteiger partial charge in [-0.3, -0.25) is 0 Å². The third-order valence-electron chi connectivity index (χ3n) is 3.55. The third-order valence-corrected chi connectivity index (χ3v) is 3.55. The van der Waals surface area contributed by atoms with Crippen LogP contribution < -0.4 is 10.1 Å². The summed E-state index contributed by atoms with van der Waals surface area (Å²) >= 11 is 0. The molecule has 2 aromatic rings. The lowest BCUT2D eigenvalue weighted by molar-refractivity contribution is 0.411. The van der Waals surface area contributed by atoms with Crippen LogP contribution in [0.2, 0.25) is 0 Å². The van der Waals surface area contributed by atoms with Crippen molar-refractivity contribution in [3.63, 3.8) is 0 Å². The zero-order valence-corrected chi connectivity index (χ0v) is 10.8. The van der Waals surface area contributed by atoms with Crippen molar-refractivity contribution >= 4 is 5.69 Å². The molecule has 0 saturated heterocycles. The van der Waals surface area contributed by atoms with Crippen molar-refractivity contribution in [2.24, 2.45) is 0 Å². The van der Waals surface area contributed by atoms with Crippen molar-refractivity contribution in [2.45, 2.75) is 25.3 Å². The predicted molar refractivity (Wildman–Crippen MR) is 71.0 cm³/mol. The molecule has 0 radical (unpaired) electrons. The fourth-order valence-corrected chi connectivity index (χ4v) is 2.61. The molecule has 19 heavy (non-hydrogen) atoms. The van der Waals surface area contributed by atoms with Crippen molar-refractivity contribution in [3.05, 3.63) is 47.7 Å². The van der Waals surface area contributed by atoms with E-state index < -0.39 is 0 Å². The van der Waals surface area contributed by atoms with E-state index in [2.05, 4.69) is 5.32 Å². The minimum Gasteiger partial charge on any atom is -0.494 e. The maximum atomic E-state index is 13.2. The third kappa shape index (κ3) is 2.30. The van der Waals surface area contributed by atoms with E-state index in [4.69, 9.17) is 9.15 Å². The van der Waals surface area contributed by atoms with Gasteiger partial charge in [0.2, 0.25) is 0 Å². The van der Waals surface area contributed by atoms with Crippen molar-refractivity contribution < 1.29 is 13.5 Å². The number of halogens is 1. The second kappa shape index (κ2) is 4.96. The summed E-state index contributed by atoms with van der Waals surface area (Å²) in [6.07, 6.45) is 4.84. The normalized spacial score (nSPS) is 17.9. The van der Waals surface area contributed by atoms with Crippen LogP contribution in [-0.4, -0.2) is 7.11 Å². The smallest absolute Gasteiger partial charge is 0.144 e. The van der Waals surface area contributed by atoms with Crippen molar-refractivity contribution in [1.29, 1.82) is 0 Å². The zero-order chi connectivity index (χ0) is 13.2. The van der Waals surface area contributed by atoms with Gasteiger partial charge in [-0.25, -0.2) is 4.39 Å². The molecule has 4 heteroatoms. The van der Waals surface area contributed by atoms with E-state index in [1.165, 1.54) is 17.7 Å². The van der Waals surface area contributed by atoms with Gasteiger partial charge in [-0.2, -0.15) is 0 Å². The number of hydrogen-bond donors (Lipinski definition) is 1. The fourth-order valence-electron chi connectivity index (χ4n) is 2.61. The van der Waals surface area contributed by atoms with Crippen LogP contribution in [-0.2, 0) is 6.42 Å². The summed E-state index contributed by atoms with van der Waals surface area (Å²) in [5.41, 5.74) is 2.00. The van der Waals surface area contributed by atoms with Gasteiger partial charge in [-0.05, 0) is 31.0 Å². The predicted octanol–water partition coefficient (Wildman–Crippen LogP) is 3.92. The van der Waals surface area contributed by atoms with Crippen molar-refractivity contribution in [1.82, 2.24) is 0 Å². The van der Waals surface area contributed by atoms with Gasteiger partial charge in [0.05, 0.1) is 25.1 Å². The molecule has 100 valence electrons. The van der Waals surface area contributed by atoms with E-state index in [0.717, 1.165) is 30.7 Å². The Bertz CT molecular complexity index is 579. The Morgan fingerprint density at radius 1 is 1.37 bits per heavy atom. The largest absolute Gasteiger partial charge is 0.494 e. The van der Waals surface area contributed by atoms with E-state index in [1.807, 2.05) is 6.07 Å². The summed E-state index contributed by atoms with van der Waals surface area (Å²) in [6.45, 7) is 0. The zero-order valence-electron chi connectivity index (χ0n) is 10.8. The maximum Gasteiger partial charge on any atom is 0.144 e. The number of fused-ring (bicyclic) bond motifs is 1. The van der Waals surface area contributed by atoms with E-state index >= 15 is 0 Å². The SMILES string of the molecule is COc1cc(F)ccc1NC1CCCc2occc21. The summed E-state index contributed by atoms with van der Waals surface area (Å²) in [7, 11) is 1.55. The van der Waals surface area contributed by atoms with Crippen molar-refractivity contribution in [2.75, 3.05) is 12.4 Å². The van der Waals surface area contributed by atoms with E-state index in [0.29, 0.717) is 5.75 Å². The Morgan fingerprint density at radius 3 is 3.11 bits per heavy atom. The fraction of sp³-hybridized carbons (Fsp3) is 0.333. The number of aryl methyl sites for hydroxylation is 1. The van der Waals surface area contributed by atoms with Gasteiger partial charge in [-0.15, -0.1) is 0 Å². The second-order valence-electron chi connectivity index (χ2n) is 4.73. The van der Waals surface area contributed by atoms with Gasteiger partial charge in [0.1, 0.15) is 17.3 Å². The second-order valence-corrected chi connectivity index (χ2v) is 4.73. The first-order valence-electron chi connectivity index (χ1n) is 6.44. The van der Waals surface area contributed by atoms with Gasteiger partial charge < -0.3 is 14.5 Å². The number of hydrogen-bond acceptors (Lipinski definition) is 3. The Labute approximate surface area is 111 Å². The number of ether oxygens (including phenoxy) is 1. The Balaban J connectivity index is 1.87. The average molecular weight is 261 g/mol. The molecule has 3 rings (SSSR count). The number of benzene rings is 1. The lowest BCUT2D eigenvalue weighted by atomic mass is 9.93. The summed E-state index contributed by atoms with van der Waals surface area (Å²) in [5, 5.41) is 3.42. The first-order chi connectivity index (χ1) is 9.28. The lowest BCUT2D eigenvalue weighted by Crippen LogP contribution is -2.16. The summed E-state index contributed by atoms with van der Waals surface area (Å²) in [4.78, 5) is 0. The van der Waals surface area contributed by atoms with Gasteiger partial charge >= 0.3 is 0 Å². The molecular formula is C15H16FNO2. The van der Waals surface area contributed by atoms with Crippen LogP contribution in [0.1, 0.15) is 30.2 Å². The van der Waals surface area contributed by atoms with Crippen LogP contribution >= 0.6 is 0 Å². The van der Waals surface area contributed by atoms with Crippen LogP contribution in [0.4, 0.5) is 10.1 Å².